The van der Waals surface area contributed by atoms with Crippen LogP contribution in [0.1, 0.15) is 80.4 Å². The maximum Gasteiger partial charge on any atom is 0.280 e. The number of hydrogen-bond acceptors (Lipinski definition) is 12. The van der Waals surface area contributed by atoms with Crippen molar-refractivity contribution in [1.82, 2.24) is 25.5 Å². The second-order valence-electron chi connectivity index (χ2n) is 13.3. The summed E-state index contributed by atoms with van der Waals surface area (Å²) in [7, 11) is 0. The standard InChI is InChI=1S/C37H58ClN9O5/c1-3-4-5-10-19-47(22-29(49)32(51)30(50)23-48)20-11-18-42-24(2)21-26-16-15-25(27-13-6-7-14-28(26)27)12-8-9-17-43-37(41)46-36(52)31-34(39)45-35(40)33(38)44-31/h6-7,13-16,24,29-30,32,42,48-51H,3-5,8-12,17-23H2,1-2H3,(H4,39,40,45)(H3,41,43,46,52)/t24-,29+,30?,32-/m1/s1. The van der Waals surface area contributed by atoms with Crippen molar-refractivity contribution < 1.29 is 25.2 Å². The van der Waals surface area contributed by atoms with E-state index in [4.69, 9.17) is 33.9 Å². The number of fused-ring (bicyclic) bond motifs is 1. The van der Waals surface area contributed by atoms with Crippen LogP contribution in [0.15, 0.2) is 41.4 Å². The number of carbonyl (C=O) groups is 1. The predicted molar refractivity (Wildman–Crippen MR) is 208 cm³/mol. The number of benzene rings is 2. The molecule has 12 N–H and O–H groups in total. The van der Waals surface area contributed by atoms with Crippen molar-refractivity contribution in [2.24, 2.45) is 10.7 Å². The van der Waals surface area contributed by atoms with Crippen molar-refractivity contribution in [2.45, 2.75) is 96.0 Å². The molecular weight excluding hydrogens is 686 g/mol. The average molecular weight is 744 g/mol. The number of aliphatic hydroxyl groups excluding tert-OH is 4. The molecular formula is C37H58ClN9O5. The zero-order valence-electron chi connectivity index (χ0n) is 30.5. The van der Waals surface area contributed by atoms with Gasteiger partial charge in [0.2, 0.25) is 0 Å². The van der Waals surface area contributed by atoms with Crippen LogP contribution in [0.3, 0.4) is 0 Å². The maximum absolute atomic E-state index is 12.5. The quantitative estimate of drug-likeness (QED) is 0.0387. The Morgan fingerprint density at radius 1 is 0.923 bits per heavy atom. The minimum absolute atomic E-state index is 0.0509. The lowest BCUT2D eigenvalue weighted by Gasteiger charge is -2.29. The van der Waals surface area contributed by atoms with Gasteiger partial charge in [0.1, 0.15) is 12.2 Å². The summed E-state index contributed by atoms with van der Waals surface area (Å²) in [4.78, 5) is 26.5. The summed E-state index contributed by atoms with van der Waals surface area (Å²) in [6.07, 6.45) is 4.76. The molecule has 288 valence electrons. The molecule has 0 spiro atoms. The van der Waals surface area contributed by atoms with Crippen LogP contribution < -0.4 is 27.8 Å². The lowest BCUT2D eigenvalue weighted by atomic mass is 9.93. The molecule has 1 unspecified atom stereocenters. The van der Waals surface area contributed by atoms with Gasteiger partial charge in [-0.3, -0.25) is 15.1 Å². The third kappa shape index (κ3) is 13.7. The van der Waals surface area contributed by atoms with E-state index in [1.807, 2.05) is 0 Å². The van der Waals surface area contributed by atoms with Crippen LogP contribution in [0.5, 0.6) is 0 Å². The van der Waals surface area contributed by atoms with Gasteiger partial charge in [-0.2, -0.15) is 0 Å². The molecule has 2 aromatic carbocycles. The highest BCUT2D eigenvalue weighted by Crippen LogP contribution is 2.25. The lowest BCUT2D eigenvalue weighted by molar-refractivity contribution is -0.0842. The average Bonchev–Trinajstić information content (AvgIpc) is 3.12. The van der Waals surface area contributed by atoms with E-state index < -0.39 is 30.8 Å². The molecule has 1 amide bonds. The van der Waals surface area contributed by atoms with Crippen molar-refractivity contribution in [3.8, 4) is 0 Å². The Morgan fingerprint density at radius 2 is 1.62 bits per heavy atom. The number of amides is 1. The molecule has 0 saturated heterocycles. The first-order valence-corrected chi connectivity index (χ1v) is 18.6. The number of nitrogens with two attached hydrogens (primary N) is 3. The van der Waals surface area contributed by atoms with E-state index in [0.29, 0.717) is 6.54 Å². The summed E-state index contributed by atoms with van der Waals surface area (Å²) in [6.45, 7) is 6.78. The molecule has 4 atom stereocenters. The van der Waals surface area contributed by atoms with Crippen LogP contribution in [0.2, 0.25) is 5.15 Å². The minimum Gasteiger partial charge on any atom is -0.394 e. The van der Waals surface area contributed by atoms with Gasteiger partial charge in [0.25, 0.3) is 5.91 Å². The highest BCUT2D eigenvalue weighted by molar-refractivity contribution is 6.31. The first kappa shape index (κ1) is 42.8. The van der Waals surface area contributed by atoms with Crippen molar-refractivity contribution in [3.05, 3.63) is 58.4 Å². The van der Waals surface area contributed by atoms with Gasteiger partial charge in [0.05, 0.1) is 12.7 Å². The third-order valence-electron chi connectivity index (χ3n) is 9.02. The number of anilines is 2. The van der Waals surface area contributed by atoms with Gasteiger partial charge in [-0.1, -0.05) is 74.2 Å². The van der Waals surface area contributed by atoms with Gasteiger partial charge in [-0.25, -0.2) is 9.97 Å². The number of aliphatic hydroxyl groups is 4. The molecule has 0 bridgehead atoms. The first-order chi connectivity index (χ1) is 24.9. The first-order valence-electron chi connectivity index (χ1n) is 18.2. The van der Waals surface area contributed by atoms with Crippen molar-refractivity contribution in [1.29, 1.82) is 0 Å². The molecule has 0 radical (unpaired) electrons. The van der Waals surface area contributed by atoms with E-state index in [9.17, 15) is 20.1 Å². The van der Waals surface area contributed by atoms with Crippen LogP contribution in [0, 0.1) is 0 Å². The Hall–Kier alpha value is -3.63. The molecule has 0 aliphatic rings. The predicted octanol–water partition coefficient (Wildman–Crippen LogP) is 2.38. The molecule has 0 fully saturated rings. The van der Waals surface area contributed by atoms with Crippen molar-refractivity contribution >= 4 is 45.9 Å². The topological polar surface area (TPSA) is 241 Å². The van der Waals surface area contributed by atoms with E-state index in [1.54, 1.807) is 0 Å². The smallest absolute Gasteiger partial charge is 0.280 e. The number of unbranched alkanes of at least 4 members (excludes halogenated alkanes) is 4. The fourth-order valence-corrected chi connectivity index (χ4v) is 6.24. The van der Waals surface area contributed by atoms with Gasteiger partial charge < -0.3 is 47.8 Å². The zero-order valence-corrected chi connectivity index (χ0v) is 31.2. The fraction of sp³-hybridized carbons (Fsp3) is 0.568. The summed E-state index contributed by atoms with van der Waals surface area (Å²) in [5.74, 6) is -0.945. The van der Waals surface area contributed by atoms with E-state index in [0.717, 1.165) is 77.4 Å². The van der Waals surface area contributed by atoms with Gasteiger partial charge in [-0.05, 0) is 87.0 Å². The van der Waals surface area contributed by atoms with Crippen molar-refractivity contribution in [2.75, 3.05) is 50.8 Å². The number of aliphatic imine (C=N–C) groups is 1. The Morgan fingerprint density at radius 3 is 2.33 bits per heavy atom. The Bertz CT molecular complexity index is 1580. The third-order valence-corrected chi connectivity index (χ3v) is 9.30. The van der Waals surface area contributed by atoms with Gasteiger partial charge in [0.15, 0.2) is 28.4 Å². The molecule has 3 rings (SSSR count). The van der Waals surface area contributed by atoms with Gasteiger partial charge in [-0.15, -0.1) is 0 Å². The summed E-state index contributed by atoms with van der Waals surface area (Å²) in [6, 6.07) is 13.1. The number of rotatable bonds is 23. The normalized spacial score (nSPS) is 14.4. The number of halogens is 1. The van der Waals surface area contributed by atoms with Crippen LogP contribution in [-0.4, -0.2) is 111 Å². The molecule has 1 heterocycles. The SMILES string of the molecule is CCCCCCN(CCCN[C@H](C)Cc1ccc(CCCCN=C(N)NC(=O)c2nc(Cl)c(N)nc2N)c2ccccc12)C[C@H](O)[C@@H](O)C(O)CO. The van der Waals surface area contributed by atoms with E-state index in [-0.39, 0.29) is 41.0 Å². The number of nitrogens with zero attached hydrogens (tertiary/aromatic N) is 4. The molecule has 15 heteroatoms. The second-order valence-corrected chi connectivity index (χ2v) is 13.7. The monoisotopic (exact) mass is 743 g/mol. The Balaban J connectivity index is 1.48. The highest BCUT2D eigenvalue weighted by Gasteiger charge is 2.26. The summed E-state index contributed by atoms with van der Waals surface area (Å²) >= 11 is 5.86. The molecule has 1 aromatic heterocycles. The van der Waals surface area contributed by atoms with Crippen molar-refractivity contribution in [3.63, 3.8) is 0 Å². The summed E-state index contributed by atoms with van der Waals surface area (Å²) < 4.78 is 0. The molecule has 3 aromatic rings. The highest BCUT2D eigenvalue weighted by atomic mass is 35.5. The molecule has 52 heavy (non-hydrogen) atoms. The number of nitrogen functional groups attached to an aromatic ring is 2. The molecule has 0 aliphatic carbocycles. The zero-order chi connectivity index (χ0) is 38.0. The largest absolute Gasteiger partial charge is 0.394 e. The van der Waals surface area contributed by atoms with Crippen LogP contribution >= 0.6 is 11.6 Å². The Kier molecular flexibility index (Phi) is 18.5. The van der Waals surface area contributed by atoms with Crippen LogP contribution in [0.4, 0.5) is 11.6 Å². The summed E-state index contributed by atoms with van der Waals surface area (Å²) in [5.41, 5.74) is 19.6. The number of aryl methyl sites for hydroxylation is 1. The Labute approximate surface area is 311 Å². The van der Waals surface area contributed by atoms with E-state index >= 15 is 0 Å². The number of guanidine groups is 1. The molecule has 14 nitrogen and oxygen atoms in total. The van der Waals surface area contributed by atoms with E-state index in [1.165, 1.54) is 21.9 Å². The summed E-state index contributed by atoms with van der Waals surface area (Å²) in [5, 5.41) is 48.0. The van der Waals surface area contributed by atoms with Crippen LogP contribution in [-0.2, 0) is 12.8 Å². The molecule has 0 saturated carbocycles. The number of hydrogen-bond donors (Lipinski definition) is 9. The van der Waals surface area contributed by atoms with Gasteiger partial charge in [0, 0.05) is 19.1 Å². The fourth-order valence-electron chi connectivity index (χ4n) is 6.12. The number of nitrogens with one attached hydrogen (secondary N) is 2. The van der Waals surface area contributed by atoms with E-state index in [2.05, 4.69) is 80.7 Å². The number of aromatic nitrogens is 2. The second kappa shape index (κ2) is 22.4. The number of carbonyl (C=O) groups excluding carboxylic acids is 1. The molecule has 0 aliphatic heterocycles. The maximum atomic E-state index is 12.5. The van der Waals surface area contributed by atoms with Crippen LogP contribution in [0.25, 0.3) is 10.8 Å². The van der Waals surface area contributed by atoms with Gasteiger partial charge >= 0.3 is 0 Å². The minimum atomic E-state index is -1.39. The lowest BCUT2D eigenvalue weighted by Crippen LogP contribution is -2.46.